The molecule has 0 unspecified atom stereocenters. The molecule has 0 saturated carbocycles. The molecule has 0 spiro atoms. The minimum atomic E-state index is -6.35. The van der Waals surface area contributed by atoms with Crippen LogP contribution in [-0.4, -0.2) is 37.2 Å². The van der Waals surface area contributed by atoms with Gasteiger partial charge in [0.2, 0.25) is 0 Å². The van der Waals surface area contributed by atoms with Crippen LogP contribution in [0, 0.1) is 0 Å². The van der Waals surface area contributed by atoms with Gasteiger partial charge >= 0.3 is 53.8 Å². The average molecular weight is 444 g/mol. The maximum atomic E-state index is 13.8. The Labute approximate surface area is 175 Å². The first kappa shape index (κ1) is 25.1. The molecule has 13 heteroatoms. The van der Waals surface area contributed by atoms with E-state index < -0.39 is 51.2 Å². The molecule has 150 valence electrons. The Morgan fingerprint density at radius 1 is 0.964 bits per heavy atom. The van der Waals surface area contributed by atoms with E-state index in [1.165, 1.54) is 0 Å². The number of rotatable bonds is 6. The van der Waals surface area contributed by atoms with Gasteiger partial charge in [-0.2, -0.15) is 26.3 Å². The molecular formula is C15H9F8NaO3S. The largest absolute Gasteiger partial charge is 1.00 e. The standard InChI is InChI=1S/C15H10F8O3S.Na/c16-12(17)14(20,21)15(22,23)13(18,19)7-9-3-1-2-8-6-10(27(24,25)26)4-5-11(8)9;/h1-6,12H,7H2,(H,24,25,26);/q;+1/p-1. The van der Waals surface area contributed by atoms with E-state index in [9.17, 15) is 48.1 Å². The molecule has 0 saturated heterocycles. The van der Waals surface area contributed by atoms with E-state index in [2.05, 4.69) is 0 Å². The second kappa shape index (κ2) is 8.05. The number of hydrogen-bond acceptors (Lipinski definition) is 3. The topological polar surface area (TPSA) is 57.2 Å². The summed E-state index contributed by atoms with van der Waals surface area (Å²) in [7, 11) is -4.90. The molecule has 28 heavy (non-hydrogen) atoms. The Kier molecular flexibility index (Phi) is 7.22. The first-order chi connectivity index (χ1) is 12.1. The van der Waals surface area contributed by atoms with Crippen molar-refractivity contribution in [2.75, 3.05) is 0 Å². The normalized spacial score (nSPS) is 13.6. The fourth-order valence-electron chi connectivity index (χ4n) is 2.37. The van der Waals surface area contributed by atoms with Crippen LogP contribution in [0.15, 0.2) is 41.3 Å². The molecule has 0 aromatic heterocycles. The Morgan fingerprint density at radius 3 is 2.04 bits per heavy atom. The van der Waals surface area contributed by atoms with Crippen molar-refractivity contribution in [1.29, 1.82) is 0 Å². The van der Waals surface area contributed by atoms with Crippen LogP contribution in [-0.2, 0) is 16.5 Å². The SMILES string of the molecule is O=S(=O)([O-])c1ccc2c(CC(F)(F)C(F)(F)C(F)(F)C(F)F)cccc2c1.[Na+]. The van der Waals surface area contributed by atoms with Crippen LogP contribution in [0.5, 0.6) is 0 Å². The van der Waals surface area contributed by atoms with Gasteiger partial charge in [-0.1, -0.05) is 24.3 Å². The summed E-state index contributed by atoms with van der Waals surface area (Å²) in [5.74, 6) is -18.2. The predicted octanol–water partition coefficient (Wildman–Crippen LogP) is 1.46. The van der Waals surface area contributed by atoms with Crippen molar-refractivity contribution in [3.63, 3.8) is 0 Å². The Hall–Kier alpha value is -0.950. The molecule has 0 aliphatic heterocycles. The van der Waals surface area contributed by atoms with Gasteiger partial charge in [0.05, 0.1) is 4.90 Å². The number of hydrogen-bond donors (Lipinski definition) is 0. The van der Waals surface area contributed by atoms with Gasteiger partial charge in [0.15, 0.2) is 0 Å². The number of fused-ring (bicyclic) bond motifs is 1. The van der Waals surface area contributed by atoms with Gasteiger partial charge in [-0.3, -0.25) is 0 Å². The molecule has 0 bridgehead atoms. The van der Waals surface area contributed by atoms with Gasteiger partial charge in [-0.15, -0.1) is 0 Å². The van der Waals surface area contributed by atoms with Crippen molar-refractivity contribution >= 4 is 20.9 Å². The number of alkyl halides is 8. The van der Waals surface area contributed by atoms with Crippen LogP contribution >= 0.6 is 0 Å². The van der Waals surface area contributed by atoms with E-state index >= 15 is 0 Å². The molecule has 0 fully saturated rings. The minimum absolute atomic E-state index is 0. The summed E-state index contributed by atoms with van der Waals surface area (Å²) in [6.07, 6.45) is -7.04. The van der Waals surface area contributed by atoms with Gasteiger partial charge in [0.25, 0.3) is 0 Å². The minimum Gasteiger partial charge on any atom is -0.744 e. The van der Waals surface area contributed by atoms with E-state index in [0.717, 1.165) is 36.4 Å². The average Bonchev–Trinajstić information content (AvgIpc) is 2.53. The van der Waals surface area contributed by atoms with Gasteiger partial charge in [-0.05, 0) is 28.5 Å². The summed E-state index contributed by atoms with van der Waals surface area (Å²) in [5, 5.41) is -0.357. The van der Waals surface area contributed by atoms with Gasteiger partial charge < -0.3 is 4.55 Å². The molecule has 2 rings (SSSR count). The monoisotopic (exact) mass is 444 g/mol. The molecule has 0 aliphatic carbocycles. The molecule has 0 amide bonds. The third-order valence-electron chi connectivity index (χ3n) is 3.80. The molecule has 2 aromatic carbocycles. The van der Waals surface area contributed by atoms with Gasteiger partial charge in [0, 0.05) is 6.42 Å². The van der Waals surface area contributed by atoms with Crippen LogP contribution in [0.1, 0.15) is 5.56 Å². The molecular weight excluding hydrogens is 435 g/mol. The van der Waals surface area contributed by atoms with Crippen molar-refractivity contribution in [2.24, 2.45) is 0 Å². The Balaban J connectivity index is 0.00000392. The third kappa shape index (κ3) is 4.45. The summed E-state index contributed by atoms with van der Waals surface area (Å²) in [4.78, 5) is -0.728. The quantitative estimate of drug-likeness (QED) is 0.385. The molecule has 0 aliphatic rings. The summed E-state index contributed by atoms with van der Waals surface area (Å²) in [6.45, 7) is 0. The second-order valence-electron chi connectivity index (χ2n) is 5.63. The molecule has 0 heterocycles. The third-order valence-corrected chi connectivity index (χ3v) is 4.63. The maximum absolute atomic E-state index is 13.8. The van der Waals surface area contributed by atoms with Crippen molar-refractivity contribution in [1.82, 2.24) is 0 Å². The first-order valence-corrected chi connectivity index (χ1v) is 8.41. The summed E-state index contributed by atoms with van der Waals surface area (Å²) in [6, 6.07) is 5.41. The second-order valence-corrected chi connectivity index (χ2v) is 7.01. The van der Waals surface area contributed by atoms with Gasteiger partial charge in [-0.25, -0.2) is 17.2 Å². The number of halogens is 8. The van der Waals surface area contributed by atoms with Crippen molar-refractivity contribution in [2.45, 2.75) is 35.5 Å². The zero-order chi connectivity index (χ0) is 20.8. The van der Waals surface area contributed by atoms with E-state index in [1.807, 2.05) is 0 Å². The van der Waals surface area contributed by atoms with E-state index in [4.69, 9.17) is 0 Å². The first-order valence-electron chi connectivity index (χ1n) is 7.00. The van der Waals surface area contributed by atoms with Crippen LogP contribution in [0.4, 0.5) is 35.1 Å². The van der Waals surface area contributed by atoms with Crippen LogP contribution in [0.3, 0.4) is 0 Å². The number of benzene rings is 2. The van der Waals surface area contributed by atoms with Crippen molar-refractivity contribution in [3.8, 4) is 0 Å². The molecule has 0 N–H and O–H groups in total. The van der Waals surface area contributed by atoms with Gasteiger partial charge in [0.1, 0.15) is 10.1 Å². The van der Waals surface area contributed by atoms with E-state index in [0.29, 0.717) is 0 Å². The van der Waals surface area contributed by atoms with Crippen LogP contribution < -0.4 is 29.6 Å². The fraction of sp³-hybridized carbons (Fsp3) is 0.333. The molecule has 3 nitrogen and oxygen atoms in total. The fourth-order valence-corrected chi connectivity index (χ4v) is 2.88. The van der Waals surface area contributed by atoms with E-state index in [1.54, 1.807) is 0 Å². The zero-order valence-corrected chi connectivity index (χ0v) is 16.7. The smallest absolute Gasteiger partial charge is 0.744 e. The molecule has 0 radical (unpaired) electrons. The van der Waals surface area contributed by atoms with Crippen LogP contribution in [0.2, 0.25) is 0 Å². The molecule has 2 aromatic rings. The van der Waals surface area contributed by atoms with Crippen molar-refractivity contribution in [3.05, 3.63) is 42.0 Å². The summed E-state index contributed by atoms with van der Waals surface area (Å²) >= 11 is 0. The summed E-state index contributed by atoms with van der Waals surface area (Å²) in [5.41, 5.74) is -0.628. The van der Waals surface area contributed by atoms with E-state index in [-0.39, 0.29) is 40.3 Å². The van der Waals surface area contributed by atoms with Crippen LogP contribution in [0.25, 0.3) is 10.8 Å². The Bertz CT molecular complexity index is 963. The van der Waals surface area contributed by atoms with Crippen molar-refractivity contribution < 1.29 is 77.7 Å². The zero-order valence-electron chi connectivity index (χ0n) is 13.9. The predicted molar refractivity (Wildman–Crippen MR) is 76.5 cm³/mol. The maximum Gasteiger partial charge on any atom is 1.00 e. The summed E-state index contributed by atoms with van der Waals surface area (Å²) < 4.78 is 138. The Morgan fingerprint density at radius 2 is 1.54 bits per heavy atom. The molecule has 0 atom stereocenters.